The minimum absolute atomic E-state index is 0.0661. The number of carbonyl (C=O) groups is 4. The summed E-state index contributed by atoms with van der Waals surface area (Å²) in [6.07, 6.45) is 7.72. The minimum atomic E-state index is -1.21. The van der Waals surface area contributed by atoms with Gasteiger partial charge in [0.15, 0.2) is 17.6 Å². The number of ether oxygens (including phenoxy) is 2. The first kappa shape index (κ1) is 26.1. The molecule has 0 aromatic heterocycles. The largest absolute Gasteiger partial charge is 0.493 e. The zero-order valence-electron chi connectivity index (χ0n) is 22.5. The number of nitrogens with one attached hydrogen (secondary N) is 1. The number of para-hydroxylation sites is 1. The summed E-state index contributed by atoms with van der Waals surface area (Å²) in [6, 6.07) is 11.6. The van der Waals surface area contributed by atoms with Gasteiger partial charge in [-0.05, 0) is 98.5 Å². The smallest absolute Gasteiger partial charge is 0.344 e. The van der Waals surface area contributed by atoms with E-state index < -0.39 is 29.9 Å². The third kappa shape index (κ3) is 4.43. The molecule has 5 fully saturated rings. The number of amides is 4. The Morgan fingerprint density at radius 2 is 1.65 bits per heavy atom. The first-order valence-corrected chi connectivity index (χ1v) is 13.8. The molecule has 4 aliphatic carbocycles. The Bertz CT molecular complexity index is 1390. The monoisotopic (exact) mass is 544 g/mol. The first-order chi connectivity index (χ1) is 19.2. The van der Waals surface area contributed by atoms with Crippen molar-refractivity contribution in [2.24, 2.45) is 17.8 Å². The Kier molecular flexibility index (Phi) is 6.40. The van der Waals surface area contributed by atoms with Crippen molar-refractivity contribution in [1.29, 1.82) is 0 Å². The molecule has 1 heterocycles. The van der Waals surface area contributed by atoms with Crippen LogP contribution in [0.2, 0.25) is 0 Å². The fourth-order valence-electron chi connectivity index (χ4n) is 7.64. The summed E-state index contributed by atoms with van der Waals surface area (Å²) in [5, 5.41) is 11.6. The van der Waals surface area contributed by atoms with Crippen molar-refractivity contribution in [2.75, 3.05) is 12.0 Å². The van der Waals surface area contributed by atoms with E-state index in [1.54, 1.807) is 30.3 Å². The van der Waals surface area contributed by atoms with E-state index in [0.717, 1.165) is 22.7 Å². The molecule has 5 aliphatic rings. The highest BCUT2D eigenvalue weighted by molar-refractivity contribution is 6.39. The lowest BCUT2D eigenvalue weighted by Crippen LogP contribution is -2.54. The summed E-state index contributed by atoms with van der Waals surface area (Å²) in [5.74, 6) is -0.137. The lowest BCUT2D eigenvalue weighted by molar-refractivity contribution is -0.144. The second-order valence-electron chi connectivity index (χ2n) is 11.7. The molecule has 1 saturated heterocycles. The van der Waals surface area contributed by atoms with Crippen LogP contribution in [0.25, 0.3) is 6.08 Å². The predicted octanol–water partition coefficient (Wildman–Crippen LogP) is 4.68. The molecule has 1 aliphatic heterocycles. The van der Waals surface area contributed by atoms with Crippen LogP contribution < -0.4 is 19.7 Å². The Morgan fingerprint density at radius 1 is 1.02 bits per heavy atom. The molecule has 2 aromatic rings. The van der Waals surface area contributed by atoms with Gasteiger partial charge in [0.1, 0.15) is 5.57 Å². The molecule has 4 saturated carbocycles. The molecule has 2 N–H and O–H groups in total. The molecule has 40 heavy (non-hydrogen) atoms. The first-order valence-electron chi connectivity index (χ1n) is 13.8. The van der Waals surface area contributed by atoms with Gasteiger partial charge < -0.3 is 14.6 Å². The fourth-order valence-corrected chi connectivity index (χ4v) is 7.64. The van der Waals surface area contributed by atoms with Gasteiger partial charge in [0.2, 0.25) is 0 Å². The van der Waals surface area contributed by atoms with E-state index in [1.807, 2.05) is 12.1 Å². The molecule has 0 spiro atoms. The average molecular weight is 545 g/mol. The van der Waals surface area contributed by atoms with Crippen LogP contribution in [0, 0.1) is 17.8 Å². The third-order valence-corrected chi connectivity index (χ3v) is 9.05. The molecular weight excluding hydrogens is 512 g/mol. The van der Waals surface area contributed by atoms with E-state index in [-0.39, 0.29) is 28.1 Å². The molecule has 4 bridgehead atoms. The summed E-state index contributed by atoms with van der Waals surface area (Å²) in [7, 11) is 1.40. The number of carbonyl (C=O) groups excluding carboxylic acids is 3. The zero-order valence-corrected chi connectivity index (χ0v) is 22.5. The number of carboxylic acids is 1. The van der Waals surface area contributed by atoms with E-state index in [1.165, 1.54) is 64.2 Å². The van der Waals surface area contributed by atoms with E-state index in [4.69, 9.17) is 9.47 Å². The van der Waals surface area contributed by atoms with Crippen molar-refractivity contribution < 1.29 is 33.8 Å². The number of imide groups is 2. The number of aliphatic carboxylic acids is 1. The maximum Gasteiger partial charge on any atom is 0.344 e. The van der Waals surface area contributed by atoms with Crippen molar-refractivity contribution in [3.63, 3.8) is 0 Å². The van der Waals surface area contributed by atoms with E-state index >= 15 is 0 Å². The molecule has 9 nitrogen and oxygen atoms in total. The Labute approximate surface area is 232 Å². The van der Waals surface area contributed by atoms with Gasteiger partial charge in [-0.25, -0.2) is 14.5 Å². The van der Waals surface area contributed by atoms with Crippen LogP contribution in [0.1, 0.15) is 56.6 Å². The topological polar surface area (TPSA) is 122 Å². The van der Waals surface area contributed by atoms with Gasteiger partial charge >= 0.3 is 12.0 Å². The number of urea groups is 1. The van der Waals surface area contributed by atoms with Gasteiger partial charge in [-0.15, -0.1) is 0 Å². The second kappa shape index (κ2) is 9.80. The number of carboxylic acid groups (broad SMARTS) is 1. The molecule has 208 valence electrons. The van der Waals surface area contributed by atoms with Crippen LogP contribution in [-0.2, 0) is 19.8 Å². The summed E-state index contributed by atoms with van der Waals surface area (Å²) in [4.78, 5) is 51.6. The van der Waals surface area contributed by atoms with Gasteiger partial charge in [0.05, 0.1) is 12.8 Å². The highest BCUT2D eigenvalue weighted by Gasteiger charge is 2.51. The number of rotatable bonds is 7. The number of benzene rings is 2. The summed E-state index contributed by atoms with van der Waals surface area (Å²) >= 11 is 0. The number of anilines is 1. The van der Waals surface area contributed by atoms with E-state index in [2.05, 4.69) is 5.32 Å². The van der Waals surface area contributed by atoms with Gasteiger partial charge in [-0.2, -0.15) is 0 Å². The predicted molar refractivity (Wildman–Crippen MR) is 146 cm³/mol. The summed E-state index contributed by atoms with van der Waals surface area (Å²) in [6.45, 7) is 1.36. The van der Waals surface area contributed by atoms with Gasteiger partial charge in [-0.3, -0.25) is 14.9 Å². The number of hydrogen-bond donors (Lipinski definition) is 2. The SMILES string of the molecule is COc1cccc(/C=C2\C(=O)NC(=O)N(c3ccc(C45CC6CC(CC(C6)C4)C5)cc3)C2=O)c1O[C@@H](C)C(=O)O. The average Bonchev–Trinajstić information content (AvgIpc) is 2.91. The highest BCUT2D eigenvalue weighted by Crippen LogP contribution is 2.60. The molecule has 2 aromatic carbocycles. The molecule has 1 atom stereocenters. The normalized spacial score (nSPS) is 28.9. The quantitative estimate of drug-likeness (QED) is 0.383. The Morgan fingerprint density at radius 3 is 2.23 bits per heavy atom. The van der Waals surface area contributed by atoms with E-state index in [9.17, 15) is 24.3 Å². The molecule has 0 unspecified atom stereocenters. The van der Waals surface area contributed by atoms with Crippen molar-refractivity contribution >= 4 is 35.6 Å². The summed E-state index contributed by atoms with van der Waals surface area (Å²) < 4.78 is 10.9. The number of nitrogens with zero attached hydrogens (tertiary/aromatic N) is 1. The molecule has 4 amide bonds. The van der Waals surface area contributed by atoms with Crippen LogP contribution in [0.4, 0.5) is 10.5 Å². The van der Waals surface area contributed by atoms with Crippen molar-refractivity contribution in [3.05, 3.63) is 59.2 Å². The van der Waals surface area contributed by atoms with Gasteiger partial charge in [-0.1, -0.05) is 24.3 Å². The maximum atomic E-state index is 13.6. The molecule has 7 rings (SSSR count). The van der Waals surface area contributed by atoms with Crippen LogP contribution in [0.5, 0.6) is 11.5 Å². The molecule has 0 radical (unpaired) electrons. The van der Waals surface area contributed by atoms with Crippen molar-refractivity contribution in [2.45, 2.75) is 57.0 Å². The van der Waals surface area contributed by atoms with Crippen molar-refractivity contribution in [3.8, 4) is 11.5 Å². The second-order valence-corrected chi connectivity index (χ2v) is 11.7. The Balaban J connectivity index is 1.30. The summed E-state index contributed by atoms with van der Waals surface area (Å²) in [5.41, 5.74) is 1.79. The molecular formula is C31H32N2O7. The lowest BCUT2D eigenvalue weighted by atomic mass is 9.48. The standard InChI is InChI=1S/C31H32N2O7/c1-17(29(36)37)40-26-21(4-3-5-25(26)39-2)13-24-27(34)32-30(38)33(28(24)35)23-8-6-22(7-9-23)31-14-18-10-19(15-31)12-20(11-18)16-31/h3-9,13,17-20H,10-12,14-16H2,1-2H3,(H,36,37)(H,32,34,38)/b24-13+/t17-,18?,19?,20?,31?/m0/s1. The Hall–Kier alpha value is -4.14. The van der Waals surface area contributed by atoms with Crippen LogP contribution in [-0.4, -0.2) is 42.1 Å². The minimum Gasteiger partial charge on any atom is -0.493 e. The van der Waals surface area contributed by atoms with Gasteiger partial charge in [0, 0.05) is 5.56 Å². The number of hydrogen-bond acceptors (Lipinski definition) is 6. The maximum absolute atomic E-state index is 13.6. The van der Waals surface area contributed by atoms with E-state index in [0.29, 0.717) is 5.69 Å². The zero-order chi connectivity index (χ0) is 28.2. The highest BCUT2D eigenvalue weighted by atomic mass is 16.5. The molecule has 9 heteroatoms. The van der Waals surface area contributed by atoms with Crippen molar-refractivity contribution in [1.82, 2.24) is 5.32 Å². The van der Waals surface area contributed by atoms with Crippen LogP contribution in [0.15, 0.2) is 48.0 Å². The fraction of sp³-hybridized carbons (Fsp3) is 0.419. The number of barbiturate groups is 1. The van der Waals surface area contributed by atoms with Crippen LogP contribution >= 0.6 is 0 Å². The third-order valence-electron chi connectivity index (χ3n) is 9.05. The number of methoxy groups -OCH3 is 1. The van der Waals surface area contributed by atoms with Gasteiger partial charge in [0.25, 0.3) is 11.8 Å². The van der Waals surface area contributed by atoms with Crippen LogP contribution in [0.3, 0.4) is 0 Å². The lowest BCUT2D eigenvalue weighted by Gasteiger charge is -2.57.